The number of carbonyl (C=O) groups excluding carboxylic acids is 2. The predicted octanol–water partition coefficient (Wildman–Crippen LogP) is 1.67. The van der Waals surface area contributed by atoms with E-state index in [0.717, 1.165) is 30.6 Å². The standard InChI is InChI=1S/C15H21N3O2.ClH/c1-3-18(2)14(19)10-17-15(20)12-6-4-8-13-11(12)7-5-9-16-13;/h4,6,8,16H,3,5,7,9-10H2,1-2H3,(H,17,20);1H. The van der Waals surface area contributed by atoms with E-state index in [1.165, 1.54) is 0 Å². The highest BCUT2D eigenvalue weighted by Gasteiger charge is 2.18. The minimum absolute atomic E-state index is 0. The zero-order chi connectivity index (χ0) is 14.5. The molecule has 116 valence electrons. The summed E-state index contributed by atoms with van der Waals surface area (Å²) in [6, 6.07) is 5.67. The smallest absolute Gasteiger partial charge is 0.252 e. The lowest BCUT2D eigenvalue weighted by atomic mass is 9.97. The van der Waals surface area contributed by atoms with Crippen LogP contribution >= 0.6 is 12.4 Å². The van der Waals surface area contributed by atoms with Crippen molar-refractivity contribution in [3.8, 4) is 0 Å². The number of hydrogen-bond acceptors (Lipinski definition) is 3. The molecule has 5 nitrogen and oxygen atoms in total. The maximum absolute atomic E-state index is 12.2. The second-order valence-electron chi connectivity index (χ2n) is 4.95. The summed E-state index contributed by atoms with van der Waals surface area (Å²) >= 11 is 0. The van der Waals surface area contributed by atoms with E-state index in [-0.39, 0.29) is 30.8 Å². The number of halogens is 1. The van der Waals surface area contributed by atoms with Gasteiger partial charge in [0.05, 0.1) is 6.54 Å². The molecule has 1 heterocycles. The molecule has 1 aliphatic rings. The molecule has 0 radical (unpaired) electrons. The number of amides is 2. The van der Waals surface area contributed by atoms with E-state index in [0.29, 0.717) is 12.1 Å². The van der Waals surface area contributed by atoms with Gasteiger partial charge in [0.1, 0.15) is 0 Å². The zero-order valence-electron chi connectivity index (χ0n) is 12.4. The van der Waals surface area contributed by atoms with Crippen molar-refractivity contribution in [2.75, 3.05) is 32.0 Å². The normalized spacial score (nSPS) is 12.5. The molecule has 2 rings (SSSR count). The highest BCUT2D eigenvalue weighted by atomic mass is 35.5. The van der Waals surface area contributed by atoms with E-state index in [4.69, 9.17) is 0 Å². The first-order chi connectivity index (χ1) is 9.63. The Hall–Kier alpha value is -1.75. The molecule has 2 amide bonds. The van der Waals surface area contributed by atoms with Gasteiger partial charge >= 0.3 is 0 Å². The van der Waals surface area contributed by atoms with Crippen molar-refractivity contribution in [2.24, 2.45) is 0 Å². The summed E-state index contributed by atoms with van der Waals surface area (Å²) in [5, 5.41) is 6.00. The van der Waals surface area contributed by atoms with Crippen molar-refractivity contribution in [2.45, 2.75) is 19.8 Å². The summed E-state index contributed by atoms with van der Waals surface area (Å²) in [6.07, 6.45) is 1.92. The van der Waals surface area contributed by atoms with Crippen LogP contribution in [0.4, 0.5) is 5.69 Å². The van der Waals surface area contributed by atoms with Gasteiger partial charge in [-0.1, -0.05) is 6.07 Å². The van der Waals surface area contributed by atoms with Crippen LogP contribution in [0, 0.1) is 0 Å². The Kier molecular flexibility index (Phi) is 6.49. The summed E-state index contributed by atoms with van der Waals surface area (Å²) in [4.78, 5) is 25.5. The molecule has 2 N–H and O–H groups in total. The number of likely N-dealkylation sites (N-methyl/N-ethyl adjacent to an activating group) is 1. The van der Waals surface area contributed by atoms with Gasteiger partial charge in [0.25, 0.3) is 5.91 Å². The highest BCUT2D eigenvalue weighted by molar-refractivity contribution is 5.99. The van der Waals surface area contributed by atoms with Crippen LogP contribution in [0.5, 0.6) is 0 Å². The number of nitrogens with one attached hydrogen (secondary N) is 2. The van der Waals surface area contributed by atoms with Gasteiger partial charge < -0.3 is 15.5 Å². The van der Waals surface area contributed by atoms with Crippen molar-refractivity contribution in [3.63, 3.8) is 0 Å². The Morgan fingerprint density at radius 2 is 2.14 bits per heavy atom. The van der Waals surface area contributed by atoms with Gasteiger partial charge in [0.15, 0.2) is 0 Å². The fraction of sp³-hybridized carbons (Fsp3) is 0.467. The fourth-order valence-corrected chi connectivity index (χ4v) is 2.29. The molecule has 0 atom stereocenters. The molecule has 0 spiro atoms. The van der Waals surface area contributed by atoms with E-state index in [1.807, 2.05) is 25.1 Å². The molecule has 0 aromatic heterocycles. The van der Waals surface area contributed by atoms with Crippen LogP contribution in [0.1, 0.15) is 29.3 Å². The monoisotopic (exact) mass is 311 g/mol. The third kappa shape index (κ3) is 4.11. The summed E-state index contributed by atoms with van der Waals surface area (Å²) < 4.78 is 0. The van der Waals surface area contributed by atoms with E-state index in [9.17, 15) is 9.59 Å². The average Bonchev–Trinajstić information content (AvgIpc) is 2.50. The molecule has 0 fully saturated rings. The molecule has 0 bridgehead atoms. The summed E-state index contributed by atoms with van der Waals surface area (Å²) in [7, 11) is 1.72. The van der Waals surface area contributed by atoms with Gasteiger partial charge in [0, 0.05) is 31.4 Å². The Labute approximate surface area is 131 Å². The highest BCUT2D eigenvalue weighted by Crippen LogP contribution is 2.25. The number of anilines is 1. The minimum Gasteiger partial charge on any atom is -0.385 e. The molecule has 0 aliphatic carbocycles. The molecule has 0 saturated carbocycles. The molecule has 0 saturated heterocycles. The Balaban J connectivity index is 0.00000220. The third-order valence-electron chi connectivity index (χ3n) is 3.64. The maximum Gasteiger partial charge on any atom is 0.252 e. The SMILES string of the molecule is CCN(C)C(=O)CNC(=O)c1cccc2c1CCCN2.Cl. The Morgan fingerprint density at radius 3 is 2.86 bits per heavy atom. The van der Waals surface area contributed by atoms with Crippen LogP contribution in [-0.4, -0.2) is 43.4 Å². The largest absolute Gasteiger partial charge is 0.385 e. The van der Waals surface area contributed by atoms with E-state index in [2.05, 4.69) is 10.6 Å². The van der Waals surface area contributed by atoms with Gasteiger partial charge in [-0.15, -0.1) is 12.4 Å². The van der Waals surface area contributed by atoms with Gasteiger partial charge in [-0.2, -0.15) is 0 Å². The first kappa shape index (κ1) is 17.3. The topological polar surface area (TPSA) is 61.4 Å². The predicted molar refractivity (Wildman–Crippen MR) is 86.1 cm³/mol. The molecule has 1 aromatic rings. The third-order valence-corrected chi connectivity index (χ3v) is 3.64. The number of nitrogens with zero attached hydrogens (tertiary/aromatic N) is 1. The van der Waals surface area contributed by atoms with Crippen LogP contribution in [0.2, 0.25) is 0 Å². The number of fused-ring (bicyclic) bond motifs is 1. The second-order valence-corrected chi connectivity index (χ2v) is 4.95. The fourth-order valence-electron chi connectivity index (χ4n) is 2.29. The van der Waals surface area contributed by atoms with Crippen LogP contribution in [0.15, 0.2) is 18.2 Å². The van der Waals surface area contributed by atoms with Gasteiger partial charge in [-0.3, -0.25) is 9.59 Å². The van der Waals surface area contributed by atoms with Crippen LogP contribution in [0.3, 0.4) is 0 Å². The van der Waals surface area contributed by atoms with Crippen molar-refractivity contribution in [3.05, 3.63) is 29.3 Å². The molecule has 1 aliphatic heterocycles. The van der Waals surface area contributed by atoms with Gasteiger partial charge in [-0.05, 0) is 37.5 Å². The van der Waals surface area contributed by atoms with Crippen LogP contribution < -0.4 is 10.6 Å². The molecule has 6 heteroatoms. The summed E-state index contributed by atoms with van der Waals surface area (Å²) in [5.41, 5.74) is 2.75. The lowest BCUT2D eigenvalue weighted by molar-refractivity contribution is -0.128. The average molecular weight is 312 g/mol. The van der Waals surface area contributed by atoms with Crippen molar-refractivity contribution in [1.82, 2.24) is 10.2 Å². The number of carbonyl (C=O) groups is 2. The summed E-state index contributed by atoms with van der Waals surface area (Å²) in [6.45, 7) is 3.52. The molecule has 1 aromatic carbocycles. The molecule has 0 unspecified atom stereocenters. The summed E-state index contributed by atoms with van der Waals surface area (Å²) in [5.74, 6) is -0.257. The van der Waals surface area contributed by atoms with Crippen LogP contribution in [-0.2, 0) is 11.2 Å². The second kappa shape index (κ2) is 7.88. The first-order valence-electron chi connectivity index (χ1n) is 7.01. The lowest BCUT2D eigenvalue weighted by Crippen LogP contribution is -2.38. The number of benzene rings is 1. The minimum atomic E-state index is -0.177. The Bertz CT molecular complexity index is 520. The van der Waals surface area contributed by atoms with E-state index < -0.39 is 0 Å². The Morgan fingerprint density at radius 1 is 1.38 bits per heavy atom. The number of rotatable bonds is 4. The molecular formula is C15H22ClN3O2. The maximum atomic E-state index is 12.2. The van der Waals surface area contributed by atoms with Crippen molar-refractivity contribution < 1.29 is 9.59 Å². The van der Waals surface area contributed by atoms with E-state index >= 15 is 0 Å². The van der Waals surface area contributed by atoms with E-state index in [1.54, 1.807) is 11.9 Å². The van der Waals surface area contributed by atoms with Crippen LogP contribution in [0.25, 0.3) is 0 Å². The molecule has 21 heavy (non-hydrogen) atoms. The number of hydrogen-bond donors (Lipinski definition) is 2. The van der Waals surface area contributed by atoms with Gasteiger partial charge in [-0.25, -0.2) is 0 Å². The van der Waals surface area contributed by atoms with Crippen molar-refractivity contribution in [1.29, 1.82) is 0 Å². The van der Waals surface area contributed by atoms with Gasteiger partial charge in [0.2, 0.25) is 5.91 Å². The lowest BCUT2D eigenvalue weighted by Gasteiger charge is -2.21. The van der Waals surface area contributed by atoms with Crippen molar-refractivity contribution >= 4 is 29.9 Å². The molecular weight excluding hydrogens is 290 g/mol. The zero-order valence-corrected chi connectivity index (χ0v) is 13.3. The first-order valence-corrected chi connectivity index (χ1v) is 7.01. The quantitative estimate of drug-likeness (QED) is 0.889.